The van der Waals surface area contributed by atoms with Gasteiger partial charge in [0.2, 0.25) is 0 Å². The van der Waals surface area contributed by atoms with Crippen molar-refractivity contribution in [2.45, 2.75) is 46.6 Å². The van der Waals surface area contributed by atoms with Gasteiger partial charge in [-0.2, -0.15) is 0 Å². The lowest BCUT2D eigenvalue weighted by atomic mass is 9.95. The average Bonchev–Trinajstić information content (AvgIpc) is 3.44. The van der Waals surface area contributed by atoms with Crippen LogP contribution in [-0.2, 0) is 14.3 Å². The van der Waals surface area contributed by atoms with Crippen LogP contribution in [0.15, 0.2) is 60.2 Å². The summed E-state index contributed by atoms with van der Waals surface area (Å²) >= 11 is 0.988. The predicted octanol–water partition coefficient (Wildman–Crippen LogP) is 6.07. The molecular weight excluding hydrogens is 516 g/mol. The van der Waals surface area contributed by atoms with Gasteiger partial charge >= 0.3 is 11.9 Å². The average molecular weight is 549 g/mol. The molecule has 1 atom stereocenters. The highest BCUT2D eigenvalue weighted by molar-refractivity contribution is 7.17. The number of aliphatic hydroxyl groups is 1. The van der Waals surface area contributed by atoms with E-state index in [1.807, 2.05) is 19.9 Å². The number of aryl methyl sites for hydroxylation is 1. The number of hydrogen-bond acceptors (Lipinski definition) is 8. The third-order valence-electron chi connectivity index (χ3n) is 6.18. The fourth-order valence-corrected chi connectivity index (χ4v) is 5.15. The molecule has 1 amide bonds. The van der Waals surface area contributed by atoms with Crippen molar-refractivity contribution in [1.29, 1.82) is 0 Å². The largest absolute Gasteiger partial charge is 0.507 e. The Morgan fingerprint density at radius 1 is 1.10 bits per heavy atom. The first-order valence-electron chi connectivity index (χ1n) is 13.0. The molecule has 1 saturated heterocycles. The Balaban J connectivity index is 1.75. The van der Waals surface area contributed by atoms with Crippen LogP contribution in [0, 0.1) is 12.8 Å². The number of aromatic nitrogens is 1. The van der Waals surface area contributed by atoms with E-state index in [0.29, 0.717) is 29.2 Å². The highest BCUT2D eigenvalue weighted by Crippen LogP contribution is 2.44. The zero-order chi connectivity index (χ0) is 28.1. The smallest absolute Gasteiger partial charge is 0.350 e. The zero-order valence-electron chi connectivity index (χ0n) is 22.5. The van der Waals surface area contributed by atoms with E-state index in [1.54, 1.807) is 55.5 Å². The number of hydrogen-bond donors (Lipinski definition) is 1. The van der Waals surface area contributed by atoms with Gasteiger partial charge in [-0.05, 0) is 49.1 Å². The van der Waals surface area contributed by atoms with Gasteiger partial charge in [0.15, 0.2) is 5.13 Å². The van der Waals surface area contributed by atoms with Crippen molar-refractivity contribution in [3.8, 4) is 5.75 Å². The summed E-state index contributed by atoms with van der Waals surface area (Å²) < 4.78 is 11.1. The first kappa shape index (κ1) is 28.0. The fraction of sp³-hybridized carbons (Fsp3) is 0.333. The van der Waals surface area contributed by atoms with Crippen molar-refractivity contribution in [2.24, 2.45) is 5.92 Å². The third kappa shape index (κ3) is 6.04. The summed E-state index contributed by atoms with van der Waals surface area (Å²) in [5, 5.41) is 11.5. The van der Waals surface area contributed by atoms with Crippen LogP contribution >= 0.6 is 11.3 Å². The fourth-order valence-electron chi connectivity index (χ4n) is 4.16. The number of anilines is 1. The van der Waals surface area contributed by atoms with Crippen molar-refractivity contribution < 1.29 is 29.0 Å². The summed E-state index contributed by atoms with van der Waals surface area (Å²) in [7, 11) is 0. The Kier molecular flexibility index (Phi) is 8.81. The number of benzene rings is 2. The Morgan fingerprint density at radius 3 is 2.44 bits per heavy atom. The SMILES string of the molecule is CCCCOc1ccc(C(O)=C2C(=O)C(=O)N(c3nc(C)c(C(=O)OCC(C)C)s3)C2c2ccccc2)cc1. The maximum atomic E-state index is 13.4. The Labute approximate surface area is 231 Å². The van der Waals surface area contributed by atoms with Gasteiger partial charge in [-0.25, -0.2) is 9.78 Å². The van der Waals surface area contributed by atoms with Crippen LogP contribution in [0.5, 0.6) is 5.75 Å². The molecule has 1 aromatic heterocycles. The standard InChI is InChI=1S/C30H32N2O6S/c1-5-6-16-37-22-14-12-21(13-15-22)25(33)23-24(20-10-8-7-9-11-20)32(28(35)26(23)34)30-31-19(4)27(39-30)29(36)38-17-18(2)3/h7-15,18,24,33H,5-6,16-17H2,1-4H3. The van der Waals surface area contributed by atoms with E-state index in [0.717, 1.165) is 24.2 Å². The number of Topliss-reactive ketones (excluding diaryl/α,β-unsaturated/α-hetero) is 1. The van der Waals surface area contributed by atoms with Crippen molar-refractivity contribution in [3.63, 3.8) is 0 Å². The molecule has 1 fully saturated rings. The van der Waals surface area contributed by atoms with Crippen LogP contribution in [0.2, 0.25) is 0 Å². The highest BCUT2D eigenvalue weighted by Gasteiger charge is 2.48. The van der Waals surface area contributed by atoms with Crippen LogP contribution in [0.4, 0.5) is 5.13 Å². The van der Waals surface area contributed by atoms with Gasteiger partial charge in [-0.1, -0.05) is 68.9 Å². The first-order valence-corrected chi connectivity index (χ1v) is 13.8. The number of rotatable bonds is 10. The lowest BCUT2D eigenvalue weighted by Gasteiger charge is -2.23. The summed E-state index contributed by atoms with van der Waals surface area (Å²) in [6, 6.07) is 14.8. The van der Waals surface area contributed by atoms with Gasteiger partial charge in [0.25, 0.3) is 5.78 Å². The van der Waals surface area contributed by atoms with E-state index < -0.39 is 23.7 Å². The van der Waals surface area contributed by atoms with Crippen LogP contribution in [0.1, 0.15) is 66.1 Å². The molecule has 39 heavy (non-hydrogen) atoms. The van der Waals surface area contributed by atoms with Gasteiger partial charge in [0, 0.05) is 5.56 Å². The summed E-state index contributed by atoms with van der Waals surface area (Å²) in [5.41, 5.74) is 1.35. The van der Waals surface area contributed by atoms with Crippen LogP contribution in [0.25, 0.3) is 5.76 Å². The maximum Gasteiger partial charge on any atom is 0.350 e. The summed E-state index contributed by atoms with van der Waals surface area (Å²) in [6.45, 7) is 8.44. The number of ketones is 1. The molecule has 0 radical (unpaired) electrons. The van der Waals surface area contributed by atoms with E-state index in [2.05, 4.69) is 11.9 Å². The lowest BCUT2D eigenvalue weighted by molar-refractivity contribution is -0.132. The molecule has 0 spiro atoms. The van der Waals surface area contributed by atoms with Crippen LogP contribution in [0.3, 0.4) is 0 Å². The summed E-state index contributed by atoms with van der Waals surface area (Å²) in [6.07, 6.45) is 1.94. The third-order valence-corrected chi connectivity index (χ3v) is 7.32. The molecule has 1 N–H and O–H groups in total. The van der Waals surface area contributed by atoms with Crippen molar-refractivity contribution >= 4 is 39.9 Å². The number of thiazole rings is 1. The zero-order valence-corrected chi connectivity index (χ0v) is 23.3. The van der Waals surface area contributed by atoms with E-state index >= 15 is 0 Å². The molecule has 3 aromatic rings. The van der Waals surface area contributed by atoms with E-state index in [9.17, 15) is 19.5 Å². The molecule has 9 heteroatoms. The molecule has 0 saturated carbocycles. The second-order valence-corrected chi connectivity index (χ2v) is 10.7. The molecule has 0 bridgehead atoms. The first-order chi connectivity index (χ1) is 18.7. The molecule has 0 aliphatic carbocycles. The Bertz CT molecular complexity index is 1380. The topological polar surface area (TPSA) is 106 Å². The quantitative estimate of drug-likeness (QED) is 0.108. The second kappa shape index (κ2) is 12.3. The highest BCUT2D eigenvalue weighted by atomic mass is 32.1. The number of carbonyl (C=O) groups excluding carboxylic acids is 3. The van der Waals surface area contributed by atoms with E-state index in [-0.39, 0.29) is 33.9 Å². The van der Waals surface area contributed by atoms with Crippen LogP contribution < -0.4 is 9.64 Å². The number of carbonyl (C=O) groups is 3. The minimum absolute atomic E-state index is 0.0531. The summed E-state index contributed by atoms with van der Waals surface area (Å²) in [5.74, 6) is -1.68. The Morgan fingerprint density at radius 2 is 1.79 bits per heavy atom. The number of nitrogens with zero attached hydrogens (tertiary/aromatic N) is 2. The molecule has 2 aromatic carbocycles. The molecule has 8 nitrogen and oxygen atoms in total. The monoisotopic (exact) mass is 548 g/mol. The normalized spacial score (nSPS) is 16.6. The van der Waals surface area contributed by atoms with E-state index in [4.69, 9.17) is 9.47 Å². The molecule has 2 heterocycles. The Hall–Kier alpha value is -3.98. The molecule has 204 valence electrons. The van der Waals surface area contributed by atoms with Gasteiger partial charge in [-0.15, -0.1) is 0 Å². The summed E-state index contributed by atoms with van der Waals surface area (Å²) in [4.78, 5) is 45.4. The second-order valence-electron chi connectivity index (χ2n) is 9.71. The van der Waals surface area contributed by atoms with Crippen molar-refractivity contribution in [2.75, 3.05) is 18.1 Å². The van der Waals surface area contributed by atoms with E-state index in [1.165, 1.54) is 4.90 Å². The van der Waals surface area contributed by atoms with Gasteiger partial charge in [0.1, 0.15) is 16.4 Å². The van der Waals surface area contributed by atoms with Gasteiger partial charge in [-0.3, -0.25) is 14.5 Å². The van der Waals surface area contributed by atoms with Crippen LogP contribution in [-0.4, -0.2) is 41.0 Å². The van der Waals surface area contributed by atoms with Crippen molar-refractivity contribution in [3.05, 3.63) is 81.9 Å². The minimum atomic E-state index is -0.934. The molecule has 1 aliphatic heterocycles. The number of aliphatic hydroxyl groups excluding tert-OH is 1. The molecule has 1 unspecified atom stereocenters. The molecular formula is C30H32N2O6S. The predicted molar refractivity (Wildman–Crippen MR) is 150 cm³/mol. The lowest BCUT2D eigenvalue weighted by Crippen LogP contribution is -2.29. The van der Waals surface area contributed by atoms with Gasteiger partial charge < -0.3 is 14.6 Å². The van der Waals surface area contributed by atoms with Crippen molar-refractivity contribution in [1.82, 2.24) is 4.98 Å². The number of unbranched alkanes of at least 4 members (excludes halogenated alkanes) is 1. The molecule has 4 rings (SSSR count). The number of esters is 1. The maximum absolute atomic E-state index is 13.4. The van der Waals surface area contributed by atoms with Gasteiger partial charge in [0.05, 0.1) is 30.5 Å². The number of ether oxygens (including phenoxy) is 2. The number of amides is 1. The molecule has 1 aliphatic rings. The minimum Gasteiger partial charge on any atom is -0.507 e.